The Balaban J connectivity index is 2.07. The van der Waals surface area contributed by atoms with Crippen LogP contribution in [0.1, 0.15) is 12.5 Å². The van der Waals surface area contributed by atoms with Gasteiger partial charge in [0.25, 0.3) is 10.0 Å². The smallest absolute Gasteiger partial charge is 0.264 e. The van der Waals surface area contributed by atoms with Gasteiger partial charge in [-0.25, -0.2) is 8.42 Å². The Labute approximate surface area is 231 Å². The van der Waals surface area contributed by atoms with E-state index in [1.807, 2.05) is 24.3 Å². The summed E-state index contributed by atoms with van der Waals surface area (Å²) in [5, 5.41) is 2.56. The maximum atomic E-state index is 13.9. The Morgan fingerprint density at radius 2 is 1.66 bits per heavy atom. The van der Waals surface area contributed by atoms with Gasteiger partial charge in [-0.3, -0.25) is 13.9 Å². The zero-order valence-electron chi connectivity index (χ0n) is 21.5. The van der Waals surface area contributed by atoms with Gasteiger partial charge in [0.1, 0.15) is 24.1 Å². The summed E-state index contributed by atoms with van der Waals surface area (Å²) in [7, 11) is 0.158. The van der Waals surface area contributed by atoms with Crippen molar-refractivity contribution >= 4 is 43.5 Å². The average molecular weight is 605 g/mol. The summed E-state index contributed by atoms with van der Waals surface area (Å²) in [6.45, 7) is 1.12. The van der Waals surface area contributed by atoms with E-state index in [1.54, 1.807) is 31.2 Å². The first-order chi connectivity index (χ1) is 18.1. The first-order valence-electron chi connectivity index (χ1n) is 11.7. The number of para-hydroxylation sites is 2. The van der Waals surface area contributed by atoms with Gasteiger partial charge in [-0.15, -0.1) is 0 Å². The van der Waals surface area contributed by atoms with Crippen molar-refractivity contribution in [1.29, 1.82) is 0 Å². The highest BCUT2D eigenvalue weighted by Gasteiger charge is 2.33. The zero-order valence-corrected chi connectivity index (χ0v) is 24.0. The number of halogens is 1. The molecule has 0 unspecified atom stereocenters. The Kier molecular flexibility index (Phi) is 9.76. The monoisotopic (exact) mass is 603 g/mol. The van der Waals surface area contributed by atoms with Crippen LogP contribution in [0.25, 0.3) is 0 Å². The fourth-order valence-electron chi connectivity index (χ4n) is 3.85. The summed E-state index contributed by atoms with van der Waals surface area (Å²) in [6, 6.07) is 18.9. The van der Waals surface area contributed by atoms with Crippen LogP contribution in [0.5, 0.6) is 11.5 Å². The van der Waals surface area contributed by atoms with E-state index in [0.29, 0.717) is 5.75 Å². The van der Waals surface area contributed by atoms with Gasteiger partial charge in [-0.1, -0.05) is 40.2 Å². The van der Waals surface area contributed by atoms with Gasteiger partial charge in [0, 0.05) is 18.1 Å². The normalized spacial score (nSPS) is 11.8. The minimum atomic E-state index is -4.23. The molecule has 38 heavy (non-hydrogen) atoms. The van der Waals surface area contributed by atoms with Gasteiger partial charge in [0.05, 0.1) is 24.8 Å². The number of methoxy groups -OCH3 is 2. The molecule has 0 aromatic heterocycles. The van der Waals surface area contributed by atoms with Crippen molar-refractivity contribution in [3.8, 4) is 11.5 Å². The summed E-state index contributed by atoms with van der Waals surface area (Å²) in [5.41, 5.74) is 0.958. The third-order valence-corrected chi connectivity index (χ3v) is 8.20. The summed E-state index contributed by atoms with van der Waals surface area (Å²) in [6.07, 6.45) is 0. The molecule has 0 heterocycles. The van der Waals surface area contributed by atoms with E-state index >= 15 is 0 Å². The van der Waals surface area contributed by atoms with Gasteiger partial charge in [0.2, 0.25) is 11.8 Å². The molecule has 0 aliphatic rings. The van der Waals surface area contributed by atoms with Crippen molar-refractivity contribution in [1.82, 2.24) is 10.2 Å². The van der Waals surface area contributed by atoms with Gasteiger partial charge in [-0.05, 0) is 61.0 Å². The van der Waals surface area contributed by atoms with Crippen molar-refractivity contribution in [3.63, 3.8) is 0 Å². The number of nitrogens with zero attached hydrogens (tertiary/aromatic N) is 2. The minimum Gasteiger partial charge on any atom is -0.497 e. The molecule has 11 heteroatoms. The minimum absolute atomic E-state index is 0.0325. The number of ether oxygens (including phenoxy) is 2. The van der Waals surface area contributed by atoms with Crippen LogP contribution in [-0.2, 0) is 26.2 Å². The highest BCUT2D eigenvalue weighted by atomic mass is 79.9. The molecule has 0 bridgehead atoms. The fourth-order valence-corrected chi connectivity index (χ4v) is 5.72. The lowest BCUT2D eigenvalue weighted by Gasteiger charge is -2.32. The zero-order chi connectivity index (χ0) is 27.9. The van der Waals surface area contributed by atoms with Crippen molar-refractivity contribution in [2.24, 2.45) is 0 Å². The quantitative estimate of drug-likeness (QED) is 0.357. The molecule has 0 radical (unpaired) electrons. The van der Waals surface area contributed by atoms with Crippen molar-refractivity contribution in [2.45, 2.75) is 24.4 Å². The number of hydrogen-bond acceptors (Lipinski definition) is 6. The molecule has 2 amide bonds. The Morgan fingerprint density at radius 3 is 2.26 bits per heavy atom. The second-order valence-electron chi connectivity index (χ2n) is 8.30. The SMILES string of the molecule is CNC(=O)[C@H](C)N(Cc1cccc(Br)c1)C(=O)CN(c1ccccc1OC)S(=O)(=O)c1ccc(OC)cc1. The van der Waals surface area contributed by atoms with E-state index in [0.717, 1.165) is 14.3 Å². The second-order valence-corrected chi connectivity index (χ2v) is 11.1. The summed E-state index contributed by atoms with van der Waals surface area (Å²) in [4.78, 5) is 27.7. The summed E-state index contributed by atoms with van der Waals surface area (Å²) >= 11 is 3.42. The van der Waals surface area contributed by atoms with Crippen molar-refractivity contribution in [3.05, 3.63) is 82.8 Å². The van der Waals surface area contributed by atoms with E-state index in [-0.39, 0.29) is 28.8 Å². The lowest BCUT2D eigenvalue weighted by atomic mass is 10.1. The molecular weight excluding hydrogens is 574 g/mol. The molecule has 0 aliphatic carbocycles. The standard InChI is InChI=1S/C27H30BrN3O6S/c1-19(27(33)29-2)30(17-20-8-7-9-21(28)16-20)26(32)18-31(24-10-5-6-11-25(24)37-4)38(34,35)23-14-12-22(36-3)13-15-23/h5-16,19H,17-18H2,1-4H3,(H,29,33)/t19-/m0/s1. The topological polar surface area (TPSA) is 105 Å². The third-order valence-electron chi connectivity index (χ3n) is 5.94. The van der Waals surface area contributed by atoms with Crippen LogP contribution >= 0.6 is 15.9 Å². The average Bonchev–Trinajstić information content (AvgIpc) is 2.93. The van der Waals surface area contributed by atoms with Crippen molar-refractivity contribution < 1.29 is 27.5 Å². The van der Waals surface area contributed by atoms with Crippen LogP contribution in [-0.4, -0.2) is 59.0 Å². The number of sulfonamides is 1. The predicted molar refractivity (Wildman–Crippen MR) is 149 cm³/mol. The Morgan fingerprint density at radius 1 is 0.974 bits per heavy atom. The number of hydrogen-bond donors (Lipinski definition) is 1. The maximum Gasteiger partial charge on any atom is 0.264 e. The molecule has 9 nitrogen and oxygen atoms in total. The van der Waals surface area contributed by atoms with E-state index in [4.69, 9.17) is 9.47 Å². The van der Waals surface area contributed by atoms with E-state index in [2.05, 4.69) is 21.2 Å². The van der Waals surface area contributed by atoms with Crippen molar-refractivity contribution in [2.75, 3.05) is 32.1 Å². The number of amides is 2. The number of carbonyl (C=O) groups excluding carboxylic acids is 2. The van der Waals surface area contributed by atoms with Crippen LogP contribution in [0.3, 0.4) is 0 Å². The highest BCUT2D eigenvalue weighted by molar-refractivity contribution is 9.10. The van der Waals surface area contributed by atoms with Gasteiger partial charge < -0.3 is 19.7 Å². The van der Waals surface area contributed by atoms with Gasteiger partial charge in [-0.2, -0.15) is 0 Å². The number of benzene rings is 3. The van der Waals surface area contributed by atoms with Gasteiger partial charge >= 0.3 is 0 Å². The Bertz CT molecular complexity index is 1380. The van der Waals surface area contributed by atoms with E-state index in [9.17, 15) is 18.0 Å². The molecule has 3 aromatic rings. The van der Waals surface area contributed by atoms with Crippen LogP contribution in [0.2, 0.25) is 0 Å². The number of rotatable bonds is 11. The molecule has 0 saturated heterocycles. The predicted octanol–water partition coefficient (Wildman–Crippen LogP) is 3.82. The largest absolute Gasteiger partial charge is 0.497 e. The highest BCUT2D eigenvalue weighted by Crippen LogP contribution is 2.33. The first kappa shape index (κ1) is 29.0. The molecule has 1 atom stereocenters. The van der Waals surface area contributed by atoms with Crippen LogP contribution in [0, 0.1) is 0 Å². The number of nitrogens with one attached hydrogen (secondary N) is 1. The molecular formula is C27H30BrN3O6S. The molecule has 202 valence electrons. The van der Waals surface area contributed by atoms with Crippen LogP contribution < -0.4 is 19.1 Å². The maximum absolute atomic E-state index is 13.9. The molecule has 0 fully saturated rings. The van der Waals surface area contributed by atoms with Gasteiger partial charge in [0.15, 0.2) is 0 Å². The first-order valence-corrected chi connectivity index (χ1v) is 13.9. The molecule has 0 spiro atoms. The lowest BCUT2D eigenvalue weighted by Crippen LogP contribution is -2.50. The van der Waals surface area contributed by atoms with Crippen LogP contribution in [0.4, 0.5) is 5.69 Å². The summed E-state index contributed by atoms with van der Waals surface area (Å²) < 4.78 is 40.2. The molecule has 3 rings (SSSR count). The van der Waals surface area contributed by atoms with E-state index in [1.165, 1.54) is 50.4 Å². The molecule has 0 aliphatic heterocycles. The number of anilines is 1. The number of carbonyl (C=O) groups is 2. The van der Waals surface area contributed by atoms with E-state index < -0.39 is 28.5 Å². The summed E-state index contributed by atoms with van der Waals surface area (Å²) in [5.74, 6) is -0.182. The molecule has 0 saturated carbocycles. The second kappa shape index (κ2) is 12.8. The lowest BCUT2D eigenvalue weighted by molar-refractivity contribution is -0.139. The number of likely N-dealkylation sites (N-methyl/N-ethyl adjacent to an activating group) is 1. The van der Waals surface area contributed by atoms with Crippen LogP contribution in [0.15, 0.2) is 82.2 Å². The molecule has 3 aromatic carbocycles. The fraction of sp³-hybridized carbons (Fsp3) is 0.259. The Hall–Kier alpha value is -3.57. The third kappa shape index (κ3) is 6.65. The molecule has 1 N–H and O–H groups in total.